The van der Waals surface area contributed by atoms with E-state index in [1.54, 1.807) is 0 Å². The minimum Gasteiger partial charge on any atom is -0.309 e. The fourth-order valence-corrected chi connectivity index (χ4v) is 9.63. The molecular formula is C58H59N3. The second-order valence-electron chi connectivity index (χ2n) is 21.1. The van der Waals surface area contributed by atoms with Crippen LogP contribution in [0, 0.1) is 6.92 Å². The predicted molar refractivity (Wildman–Crippen MR) is 264 cm³/mol. The van der Waals surface area contributed by atoms with Crippen molar-refractivity contribution in [3.63, 3.8) is 0 Å². The van der Waals surface area contributed by atoms with E-state index in [-0.39, 0.29) is 16.2 Å². The van der Waals surface area contributed by atoms with Gasteiger partial charge in [0.1, 0.15) is 0 Å². The van der Waals surface area contributed by atoms with E-state index in [1.165, 1.54) is 110 Å². The number of nitrogens with zero attached hydrogens (tertiary/aromatic N) is 3. The molecule has 0 aliphatic carbocycles. The summed E-state index contributed by atoms with van der Waals surface area (Å²) in [6.07, 6.45) is 0. The van der Waals surface area contributed by atoms with Gasteiger partial charge in [-0.3, -0.25) is 0 Å². The van der Waals surface area contributed by atoms with Crippen LogP contribution in [0.4, 0.5) is 0 Å². The van der Waals surface area contributed by atoms with Gasteiger partial charge in [0, 0.05) is 49.4 Å². The van der Waals surface area contributed by atoms with Gasteiger partial charge in [-0.2, -0.15) is 0 Å². The Bertz CT molecular complexity index is 3300. The molecule has 0 amide bonds. The lowest BCUT2D eigenvalue weighted by atomic mass is 9.85. The van der Waals surface area contributed by atoms with E-state index in [1.807, 2.05) is 0 Å². The standard InChI is InChI=1S/C58H59N3/c1-35(2)37-15-23-50-44(29-37)45-30-38(56(4,5)6)16-24-51(45)60(50)42-21-27-54-48(33-42)49-34-43(22-28-55(49)59(54)41-19-13-36(3)14-20-41)61-52-25-17-39(57(7,8)9)31-46(52)47-32-40(58(10,11)12)18-26-53(47)61/h13-35H,1-12H3. The van der Waals surface area contributed by atoms with Gasteiger partial charge in [-0.25, -0.2) is 0 Å². The molecule has 0 bridgehead atoms. The number of aromatic nitrogens is 3. The van der Waals surface area contributed by atoms with Crippen molar-refractivity contribution >= 4 is 65.4 Å². The first-order valence-corrected chi connectivity index (χ1v) is 22.2. The van der Waals surface area contributed by atoms with E-state index in [2.05, 4.69) is 230 Å². The van der Waals surface area contributed by atoms with Crippen LogP contribution in [0.15, 0.2) is 133 Å². The van der Waals surface area contributed by atoms with Gasteiger partial charge in [0.25, 0.3) is 0 Å². The highest BCUT2D eigenvalue weighted by atomic mass is 15.0. The van der Waals surface area contributed by atoms with Crippen molar-refractivity contribution < 1.29 is 0 Å². The van der Waals surface area contributed by atoms with Crippen LogP contribution in [0.25, 0.3) is 82.5 Å². The molecule has 0 aliphatic heterocycles. The molecule has 10 aromatic rings. The number of benzene rings is 7. The zero-order valence-electron chi connectivity index (χ0n) is 38.1. The number of rotatable bonds is 4. The molecule has 0 atom stereocenters. The molecule has 0 radical (unpaired) electrons. The van der Waals surface area contributed by atoms with E-state index < -0.39 is 0 Å². The Morgan fingerprint density at radius 3 is 0.984 bits per heavy atom. The van der Waals surface area contributed by atoms with Gasteiger partial charge < -0.3 is 13.7 Å². The lowest BCUT2D eigenvalue weighted by Crippen LogP contribution is -2.10. The van der Waals surface area contributed by atoms with Crippen LogP contribution >= 0.6 is 0 Å². The van der Waals surface area contributed by atoms with Crippen LogP contribution in [-0.2, 0) is 16.2 Å². The molecule has 0 N–H and O–H groups in total. The summed E-state index contributed by atoms with van der Waals surface area (Å²) >= 11 is 0. The number of hydrogen-bond acceptors (Lipinski definition) is 0. The van der Waals surface area contributed by atoms with Crippen LogP contribution in [0.5, 0.6) is 0 Å². The molecule has 7 aromatic carbocycles. The van der Waals surface area contributed by atoms with Gasteiger partial charge in [-0.15, -0.1) is 0 Å². The third-order valence-corrected chi connectivity index (χ3v) is 13.4. The summed E-state index contributed by atoms with van der Waals surface area (Å²) in [7, 11) is 0. The maximum atomic E-state index is 2.49. The molecule has 0 unspecified atom stereocenters. The van der Waals surface area contributed by atoms with Crippen LogP contribution in [0.1, 0.15) is 110 Å². The lowest BCUT2D eigenvalue weighted by molar-refractivity contribution is 0.590. The molecule has 10 rings (SSSR count). The van der Waals surface area contributed by atoms with E-state index in [0.717, 1.165) is 0 Å². The van der Waals surface area contributed by atoms with E-state index in [4.69, 9.17) is 0 Å². The quantitative estimate of drug-likeness (QED) is 0.168. The summed E-state index contributed by atoms with van der Waals surface area (Å²) in [6, 6.07) is 51.6. The Hall–Kier alpha value is -6.06. The molecule has 61 heavy (non-hydrogen) atoms. The van der Waals surface area contributed by atoms with Gasteiger partial charge >= 0.3 is 0 Å². The zero-order chi connectivity index (χ0) is 42.9. The monoisotopic (exact) mass is 797 g/mol. The van der Waals surface area contributed by atoms with Crippen molar-refractivity contribution in [2.45, 2.75) is 105 Å². The minimum absolute atomic E-state index is 0.0423. The normalized spacial score (nSPS) is 13.1. The Balaban J connectivity index is 1.27. The number of hydrogen-bond donors (Lipinski definition) is 0. The van der Waals surface area contributed by atoms with Gasteiger partial charge in [0.05, 0.1) is 33.1 Å². The Labute approximate surface area is 361 Å². The van der Waals surface area contributed by atoms with Crippen molar-refractivity contribution in [2.75, 3.05) is 0 Å². The van der Waals surface area contributed by atoms with Crippen molar-refractivity contribution in [1.29, 1.82) is 0 Å². The topological polar surface area (TPSA) is 14.8 Å². The Kier molecular flexibility index (Phi) is 8.63. The molecule has 306 valence electrons. The van der Waals surface area contributed by atoms with E-state index in [9.17, 15) is 0 Å². The van der Waals surface area contributed by atoms with Crippen LogP contribution < -0.4 is 0 Å². The SMILES string of the molecule is Cc1ccc(-n2c3ccc(-n4c5ccc(C(C)C)cc5c5cc(C(C)(C)C)ccc54)cc3c3cc(-n4c5ccc(C(C)(C)C)cc5c5cc(C(C)(C)C)ccc54)ccc32)cc1. The first kappa shape index (κ1) is 39.1. The van der Waals surface area contributed by atoms with Crippen LogP contribution in [0.2, 0.25) is 0 Å². The first-order chi connectivity index (χ1) is 28.9. The summed E-state index contributed by atoms with van der Waals surface area (Å²) in [5, 5.41) is 7.71. The highest BCUT2D eigenvalue weighted by Gasteiger charge is 2.24. The smallest absolute Gasteiger partial charge is 0.0542 e. The maximum Gasteiger partial charge on any atom is 0.0542 e. The van der Waals surface area contributed by atoms with Crippen LogP contribution in [-0.4, -0.2) is 13.7 Å². The lowest BCUT2D eigenvalue weighted by Gasteiger charge is -2.19. The van der Waals surface area contributed by atoms with Crippen molar-refractivity contribution in [3.8, 4) is 17.1 Å². The molecule has 3 heteroatoms. The van der Waals surface area contributed by atoms with Gasteiger partial charge in [0.15, 0.2) is 0 Å². The highest BCUT2D eigenvalue weighted by Crippen LogP contribution is 2.42. The van der Waals surface area contributed by atoms with Gasteiger partial charge in [0.2, 0.25) is 0 Å². The zero-order valence-corrected chi connectivity index (χ0v) is 38.1. The summed E-state index contributed by atoms with van der Waals surface area (Å²) < 4.78 is 7.44. The summed E-state index contributed by atoms with van der Waals surface area (Å²) in [6.45, 7) is 27.5. The molecule has 0 aliphatic rings. The molecule has 0 fully saturated rings. The number of aryl methyl sites for hydroxylation is 1. The van der Waals surface area contributed by atoms with Crippen molar-refractivity contribution in [1.82, 2.24) is 13.7 Å². The Morgan fingerprint density at radius 2 is 0.623 bits per heavy atom. The maximum absolute atomic E-state index is 2.49. The van der Waals surface area contributed by atoms with E-state index in [0.29, 0.717) is 5.92 Å². The Morgan fingerprint density at radius 1 is 0.328 bits per heavy atom. The van der Waals surface area contributed by atoms with Crippen molar-refractivity contribution in [3.05, 3.63) is 161 Å². The third kappa shape index (κ3) is 6.30. The predicted octanol–water partition coefficient (Wildman–Crippen LogP) is 16.3. The molecule has 3 heterocycles. The molecule has 0 saturated carbocycles. The molecular weight excluding hydrogens is 739 g/mol. The largest absolute Gasteiger partial charge is 0.309 e. The van der Waals surface area contributed by atoms with E-state index >= 15 is 0 Å². The average molecular weight is 798 g/mol. The van der Waals surface area contributed by atoms with Crippen LogP contribution in [0.3, 0.4) is 0 Å². The highest BCUT2D eigenvalue weighted by molar-refractivity contribution is 6.14. The van der Waals surface area contributed by atoms with Gasteiger partial charge in [-0.05, 0) is 148 Å². The molecule has 0 saturated heterocycles. The molecule has 3 nitrogen and oxygen atoms in total. The average Bonchev–Trinajstić information content (AvgIpc) is 3.84. The molecule has 0 spiro atoms. The fraction of sp³-hybridized carbons (Fsp3) is 0.276. The third-order valence-electron chi connectivity index (χ3n) is 13.4. The summed E-state index contributed by atoms with van der Waals surface area (Å²) in [5.74, 6) is 0.447. The second-order valence-corrected chi connectivity index (χ2v) is 21.1. The molecule has 3 aromatic heterocycles. The first-order valence-electron chi connectivity index (χ1n) is 22.2. The van der Waals surface area contributed by atoms with Gasteiger partial charge in [-0.1, -0.05) is 118 Å². The minimum atomic E-state index is 0.0423. The van der Waals surface area contributed by atoms with Crippen molar-refractivity contribution in [2.24, 2.45) is 0 Å². The summed E-state index contributed by atoms with van der Waals surface area (Å²) in [5.41, 5.74) is 17.7. The fourth-order valence-electron chi connectivity index (χ4n) is 9.63. The second kappa shape index (κ2) is 13.5. The summed E-state index contributed by atoms with van der Waals surface area (Å²) in [4.78, 5) is 0. The number of fused-ring (bicyclic) bond motifs is 9.